The molecule has 0 bridgehead atoms. The summed E-state index contributed by atoms with van der Waals surface area (Å²) in [5.74, 6) is 1.40. The molecular weight excluding hydrogens is 472 g/mol. The molecule has 0 spiro atoms. The van der Waals surface area contributed by atoms with Gasteiger partial charge in [0.05, 0.1) is 51.6 Å². The number of rotatable bonds is 7. The lowest BCUT2D eigenvalue weighted by Gasteiger charge is -2.56. The van der Waals surface area contributed by atoms with E-state index in [0.29, 0.717) is 13.0 Å². The zero-order valence-electron chi connectivity index (χ0n) is 21.9. The van der Waals surface area contributed by atoms with E-state index in [0.717, 1.165) is 12.3 Å². The van der Waals surface area contributed by atoms with Crippen LogP contribution >= 0.6 is 0 Å². The number of ether oxygens (including phenoxy) is 5. The van der Waals surface area contributed by atoms with Gasteiger partial charge in [0.2, 0.25) is 0 Å². The number of methoxy groups -OCH3 is 2. The fraction of sp³-hybridized carbons (Fsp3) is 0.680. The van der Waals surface area contributed by atoms with Crippen molar-refractivity contribution in [2.45, 2.75) is 88.6 Å². The van der Waals surface area contributed by atoms with Gasteiger partial charge in [-0.2, -0.15) is 0 Å². The summed E-state index contributed by atoms with van der Waals surface area (Å²) < 4.78 is 40.3. The number of hydrogen-bond acceptors (Lipinski definition) is 9. The number of fused-ring (bicyclic) bond motifs is 1. The van der Waals surface area contributed by atoms with E-state index in [1.807, 2.05) is 0 Å². The highest BCUT2D eigenvalue weighted by atomic mass is 28.4. The molecule has 0 radical (unpaired) electrons. The van der Waals surface area contributed by atoms with E-state index in [1.165, 1.54) is 26.6 Å². The van der Waals surface area contributed by atoms with Crippen molar-refractivity contribution in [2.75, 3.05) is 20.8 Å². The summed E-state index contributed by atoms with van der Waals surface area (Å²) in [5, 5.41) is -0.394. The van der Waals surface area contributed by atoms with E-state index in [2.05, 4.69) is 56.9 Å². The lowest BCUT2D eigenvalue weighted by molar-refractivity contribution is -0.216. The Morgan fingerprint density at radius 1 is 1.00 bits per heavy atom. The van der Waals surface area contributed by atoms with Crippen molar-refractivity contribution in [3.63, 3.8) is 0 Å². The Labute approximate surface area is 209 Å². The summed E-state index contributed by atoms with van der Waals surface area (Å²) in [6.07, 6.45) is 7.96. The van der Waals surface area contributed by atoms with Crippen molar-refractivity contribution in [1.82, 2.24) is 0 Å². The first-order valence-electron chi connectivity index (χ1n) is 11.5. The van der Waals surface area contributed by atoms with Crippen molar-refractivity contribution in [3.05, 3.63) is 24.7 Å². The van der Waals surface area contributed by atoms with Gasteiger partial charge in [0.15, 0.2) is 6.10 Å². The summed E-state index contributed by atoms with van der Waals surface area (Å²) in [7, 11) is -0.200. The minimum Gasteiger partial charge on any atom is -0.495 e. The first-order valence-corrected chi connectivity index (χ1v) is 13.3. The van der Waals surface area contributed by atoms with Crippen molar-refractivity contribution in [2.24, 2.45) is 0 Å². The molecule has 0 unspecified atom stereocenters. The normalized spacial score (nSPS) is 27.5. The number of terminal acetylenes is 1. The average Bonchev–Trinajstić information content (AvgIpc) is 2.79. The minimum absolute atomic E-state index is 0.197. The highest BCUT2D eigenvalue weighted by Crippen LogP contribution is 2.55. The third kappa shape index (κ3) is 6.67. The predicted octanol–water partition coefficient (Wildman–Crippen LogP) is 3.38. The Balaban J connectivity index is 2.31. The molecule has 0 aromatic heterocycles. The zero-order valence-corrected chi connectivity index (χ0v) is 22.9. The van der Waals surface area contributed by atoms with Crippen LogP contribution in [0, 0.1) is 12.3 Å². The quantitative estimate of drug-likeness (QED) is 0.168. The molecule has 9 nitrogen and oxygen atoms in total. The second-order valence-corrected chi connectivity index (χ2v) is 15.3. The largest absolute Gasteiger partial charge is 0.495 e. The smallest absolute Gasteiger partial charge is 0.349 e. The van der Waals surface area contributed by atoms with E-state index in [4.69, 9.17) is 29.5 Å². The molecule has 196 valence electrons. The van der Waals surface area contributed by atoms with E-state index in [1.54, 1.807) is 0 Å². The first kappa shape index (κ1) is 28.9. The summed E-state index contributed by atoms with van der Waals surface area (Å²) in [6, 6.07) is 0. The van der Waals surface area contributed by atoms with Crippen molar-refractivity contribution < 1.29 is 42.1 Å². The van der Waals surface area contributed by atoms with Gasteiger partial charge >= 0.3 is 20.5 Å². The lowest BCUT2D eigenvalue weighted by Crippen LogP contribution is -2.68. The Morgan fingerprint density at radius 2 is 1.57 bits per heavy atom. The Bertz CT molecular complexity index is 832. The Hall–Kier alpha value is -2.32. The Kier molecular flexibility index (Phi) is 9.59. The van der Waals surface area contributed by atoms with Crippen LogP contribution in [0.5, 0.6) is 0 Å². The van der Waals surface area contributed by atoms with Gasteiger partial charge in [-0.15, -0.1) is 6.42 Å². The van der Waals surface area contributed by atoms with Crippen LogP contribution in [0.4, 0.5) is 0 Å². The summed E-state index contributed by atoms with van der Waals surface area (Å²) in [4.78, 5) is 22.9. The molecule has 2 aliphatic rings. The SMILES string of the molecule is C#C[C@@H](O/C=C/C(=O)OC)[C@@H]1O[C@@H]2CO[Si](C(C)(C)C)(C(C)(C)C)O[C@H]2C[C@H]1O/C=C/C(=O)OC. The first-order chi connectivity index (χ1) is 16.3. The highest BCUT2D eigenvalue weighted by Gasteiger charge is 2.63. The predicted molar refractivity (Wildman–Crippen MR) is 130 cm³/mol. The topological polar surface area (TPSA) is 98.8 Å². The molecule has 0 aliphatic carbocycles. The molecule has 10 heteroatoms. The number of hydrogen-bond donors (Lipinski definition) is 0. The molecule has 0 saturated carbocycles. The van der Waals surface area contributed by atoms with Crippen LogP contribution in [0.2, 0.25) is 10.1 Å². The maximum absolute atomic E-state index is 11.5. The van der Waals surface area contributed by atoms with E-state index in [9.17, 15) is 9.59 Å². The fourth-order valence-corrected chi connectivity index (χ4v) is 9.61. The standard InChI is InChI=1S/C25H38O9Si/c1-10-17(30-13-11-21(26)28-8)23-19(31-14-12-22(27)29-9)15-18-20(33-23)16-32-35(34-18,24(2,3)4)25(5,6)7/h1,11-14,17-20,23H,15-16H2,2-9H3/b13-11+,14-12+/t17-,18+,19-,20-,23+/m1/s1. The van der Waals surface area contributed by atoms with Crippen LogP contribution in [-0.4, -0.2) is 71.8 Å². The van der Waals surface area contributed by atoms with Crippen LogP contribution in [-0.2, 0) is 42.1 Å². The third-order valence-electron chi connectivity index (χ3n) is 6.07. The van der Waals surface area contributed by atoms with E-state index in [-0.39, 0.29) is 16.2 Å². The Morgan fingerprint density at radius 3 is 2.09 bits per heavy atom. The molecular formula is C25H38O9Si. The van der Waals surface area contributed by atoms with Gasteiger partial charge in [-0.1, -0.05) is 47.5 Å². The molecule has 5 atom stereocenters. The average molecular weight is 511 g/mol. The molecule has 2 saturated heterocycles. The highest BCUT2D eigenvalue weighted by molar-refractivity contribution is 6.73. The van der Waals surface area contributed by atoms with Gasteiger partial charge in [0.25, 0.3) is 0 Å². The molecule has 0 aromatic rings. The fourth-order valence-electron chi connectivity index (χ4n) is 4.64. The van der Waals surface area contributed by atoms with Gasteiger partial charge in [0.1, 0.15) is 18.3 Å². The molecule has 2 rings (SSSR count). The molecule has 0 N–H and O–H groups in total. The van der Waals surface area contributed by atoms with Crippen LogP contribution in [0.1, 0.15) is 48.0 Å². The van der Waals surface area contributed by atoms with Crippen LogP contribution < -0.4 is 0 Å². The van der Waals surface area contributed by atoms with Crippen molar-refractivity contribution in [3.8, 4) is 12.3 Å². The van der Waals surface area contributed by atoms with Crippen molar-refractivity contribution >= 4 is 20.5 Å². The van der Waals surface area contributed by atoms with Gasteiger partial charge < -0.3 is 32.5 Å². The maximum Gasteiger partial charge on any atom is 0.349 e. The van der Waals surface area contributed by atoms with E-state index < -0.39 is 44.9 Å². The van der Waals surface area contributed by atoms with Gasteiger partial charge in [-0.05, 0) is 0 Å². The number of carbonyl (C=O) groups excluding carboxylic acids is 2. The second-order valence-electron chi connectivity index (χ2n) is 10.5. The second kappa shape index (κ2) is 11.6. The molecule has 2 heterocycles. The zero-order chi connectivity index (χ0) is 26.4. The molecule has 0 amide bonds. The van der Waals surface area contributed by atoms with Crippen molar-refractivity contribution in [1.29, 1.82) is 0 Å². The minimum atomic E-state index is -2.74. The number of carbonyl (C=O) groups is 2. The monoisotopic (exact) mass is 510 g/mol. The maximum atomic E-state index is 11.5. The van der Waals surface area contributed by atoms with Crippen LogP contribution in [0.3, 0.4) is 0 Å². The van der Waals surface area contributed by atoms with Gasteiger partial charge in [-0.3, -0.25) is 0 Å². The third-order valence-corrected chi connectivity index (χ3v) is 11.2. The lowest BCUT2D eigenvalue weighted by atomic mass is 9.95. The van der Waals surface area contributed by atoms with Crippen LogP contribution in [0.15, 0.2) is 24.7 Å². The summed E-state index contributed by atoms with van der Waals surface area (Å²) in [6.45, 7) is 13.2. The van der Waals surface area contributed by atoms with Gasteiger partial charge in [0, 0.05) is 16.5 Å². The molecule has 35 heavy (non-hydrogen) atoms. The molecule has 2 fully saturated rings. The molecule has 0 aromatic carbocycles. The van der Waals surface area contributed by atoms with Gasteiger partial charge in [-0.25, -0.2) is 9.59 Å². The van der Waals surface area contributed by atoms with Crippen LogP contribution in [0.25, 0.3) is 0 Å². The summed E-state index contributed by atoms with van der Waals surface area (Å²) in [5.41, 5.74) is 0. The number of esters is 2. The molecule has 2 aliphatic heterocycles. The van der Waals surface area contributed by atoms with E-state index >= 15 is 0 Å². The summed E-state index contributed by atoms with van der Waals surface area (Å²) >= 11 is 0.